The smallest absolute Gasteiger partial charge is 0.356 e. The van der Waals surface area contributed by atoms with E-state index in [0.29, 0.717) is 24.1 Å². The summed E-state index contributed by atoms with van der Waals surface area (Å²) >= 11 is 2.18. The highest BCUT2D eigenvalue weighted by atomic mass is 127. The van der Waals surface area contributed by atoms with Crippen LogP contribution in [0, 0.1) is 3.57 Å². The number of aromatic amines is 1. The van der Waals surface area contributed by atoms with Crippen LogP contribution in [-0.2, 0) is 6.42 Å². The van der Waals surface area contributed by atoms with Gasteiger partial charge in [0.2, 0.25) is 0 Å². The first-order valence-corrected chi connectivity index (χ1v) is 7.24. The molecule has 0 fully saturated rings. The lowest BCUT2D eigenvalue weighted by molar-refractivity contribution is 0.0687. The molecular formula is C13H12IN3O3. The molecule has 7 heteroatoms. The number of H-pyrrole nitrogens is 1. The average Bonchev–Trinajstić information content (AvgIpc) is 2.81. The van der Waals surface area contributed by atoms with Crippen molar-refractivity contribution in [2.75, 3.05) is 0 Å². The molecule has 0 aliphatic heterocycles. The highest BCUT2D eigenvalue weighted by Crippen LogP contribution is 2.37. The van der Waals surface area contributed by atoms with Crippen LogP contribution in [0.25, 0.3) is 0 Å². The zero-order valence-corrected chi connectivity index (χ0v) is 12.5. The number of nitrogens with one attached hydrogen (secondary N) is 1. The largest absolute Gasteiger partial charge is 0.476 e. The van der Waals surface area contributed by atoms with Gasteiger partial charge >= 0.3 is 5.97 Å². The summed E-state index contributed by atoms with van der Waals surface area (Å²) in [6, 6.07) is 3.78. The summed E-state index contributed by atoms with van der Waals surface area (Å²) in [5.41, 5.74) is 2.13. The predicted molar refractivity (Wildman–Crippen MR) is 78.7 cm³/mol. The van der Waals surface area contributed by atoms with Crippen LogP contribution >= 0.6 is 22.6 Å². The maximum Gasteiger partial charge on any atom is 0.356 e. The zero-order valence-electron chi connectivity index (χ0n) is 10.4. The van der Waals surface area contributed by atoms with E-state index in [1.54, 1.807) is 6.20 Å². The van der Waals surface area contributed by atoms with Gasteiger partial charge in [-0.05, 0) is 41.1 Å². The number of fused-ring (bicyclic) bond motifs is 1. The van der Waals surface area contributed by atoms with E-state index in [1.807, 2.05) is 12.1 Å². The summed E-state index contributed by atoms with van der Waals surface area (Å²) in [6.07, 6.45) is 2.03. The lowest BCUT2D eigenvalue weighted by Crippen LogP contribution is -2.24. The van der Waals surface area contributed by atoms with Crippen molar-refractivity contribution < 1.29 is 15.0 Å². The quantitative estimate of drug-likeness (QED) is 0.682. The van der Waals surface area contributed by atoms with Crippen LogP contribution in [-0.4, -0.2) is 37.5 Å². The minimum Gasteiger partial charge on any atom is -0.476 e. The number of aromatic nitrogens is 3. The number of hydrogen-bond acceptors (Lipinski definition) is 4. The van der Waals surface area contributed by atoms with Crippen LogP contribution in [0.3, 0.4) is 0 Å². The van der Waals surface area contributed by atoms with Crippen LogP contribution in [0.4, 0.5) is 0 Å². The maximum atomic E-state index is 11.3. The number of carboxylic acids is 1. The van der Waals surface area contributed by atoms with Crippen LogP contribution in [0.1, 0.15) is 39.8 Å². The van der Waals surface area contributed by atoms with Crippen molar-refractivity contribution in [1.82, 2.24) is 15.2 Å². The van der Waals surface area contributed by atoms with E-state index in [9.17, 15) is 15.0 Å². The van der Waals surface area contributed by atoms with Gasteiger partial charge in [0.1, 0.15) is 0 Å². The Morgan fingerprint density at radius 1 is 1.50 bits per heavy atom. The van der Waals surface area contributed by atoms with Gasteiger partial charge in [-0.2, -0.15) is 5.10 Å². The number of rotatable bonds is 2. The predicted octanol–water partition coefficient (Wildman–Crippen LogP) is 1.55. The minimum atomic E-state index is -1.06. The van der Waals surface area contributed by atoms with Crippen molar-refractivity contribution in [3.05, 3.63) is 44.5 Å². The number of nitrogens with zero attached hydrogens (tertiary/aromatic N) is 2. The Bertz CT molecular complexity index is 671. The van der Waals surface area contributed by atoms with Gasteiger partial charge in [-0.3, -0.25) is 10.1 Å². The molecule has 2 heterocycles. The molecule has 0 spiro atoms. The summed E-state index contributed by atoms with van der Waals surface area (Å²) in [5, 5.41) is 25.8. The lowest BCUT2D eigenvalue weighted by Gasteiger charge is -2.26. The Labute approximate surface area is 128 Å². The summed E-state index contributed by atoms with van der Waals surface area (Å²) in [6.45, 7) is 0. The molecule has 104 valence electrons. The summed E-state index contributed by atoms with van der Waals surface area (Å²) in [7, 11) is 0. The van der Waals surface area contributed by atoms with Gasteiger partial charge in [0.05, 0.1) is 6.10 Å². The fourth-order valence-corrected chi connectivity index (χ4v) is 3.15. The monoisotopic (exact) mass is 385 g/mol. The van der Waals surface area contributed by atoms with Gasteiger partial charge in [0.25, 0.3) is 0 Å². The fraction of sp³-hybridized carbons (Fsp3) is 0.308. The normalized spacial score (nSPS) is 21.5. The van der Waals surface area contributed by atoms with Gasteiger partial charge in [-0.15, -0.1) is 0 Å². The maximum absolute atomic E-state index is 11.3. The van der Waals surface area contributed by atoms with Gasteiger partial charge in [0.15, 0.2) is 5.69 Å². The number of hydrogen-bond donors (Lipinski definition) is 3. The molecule has 0 radical (unpaired) electrons. The van der Waals surface area contributed by atoms with Crippen molar-refractivity contribution in [3.8, 4) is 0 Å². The van der Waals surface area contributed by atoms with Crippen molar-refractivity contribution in [2.45, 2.75) is 24.9 Å². The van der Waals surface area contributed by atoms with E-state index in [0.717, 1.165) is 9.26 Å². The van der Waals surface area contributed by atoms with E-state index in [1.165, 1.54) is 0 Å². The molecule has 0 saturated heterocycles. The molecule has 0 saturated carbocycles. The lowest BCUT2D eigenvalue weighted by atomic mass is 9.81. The molecule has 0 amide bonds. The Balaban J connectivity index is 2.13. The molecule has 0 bridgehead atoms. The van der Waals surface area contributed by atoms with E-state index in [4.69, 9.17) is 0 Å². The van der Waals surface area contributed by atoms with Crippen molar-refractivity contribution in [3.63, 3.8) is 0 Å². The van der Waals surface area contributed by atoms with Crippen LogP contribution in [0.15, 0.2) is 18.3 Å². The first-order valence-electron chi connectivity index (χ1n) is 6.16. The second-order valence-corrected chi connectivity index (χ2v) is 6.06. The second kappa shape index (κ2) is 5.13. The number of carboxylic acid groups (broad SMARTS) is 1. The number of pyridine rings is 1. The highest BCUT2D eigenvalue weighted by molar-refractivity contribution is 14.1. The summed E-state index contributed by atoms with van der Waals surface area (Å²) < 4.78 is 1.02. The number of aliphatic hydroxyl groups is 1. The van der Waals surface area contributed by atoms with E-state index < -0.39 is 12.1 Å². The third-order valence-electron chi connectivity index (χ3n) is 3.48. The van der Waals surface area contributed by atoms with Gasteiger partial charge in [0, 0.05) is 39.1 Å². The number of aliphatic hydroxyl groups excluding tert-OH is 1. The topological polar surface area (TPSA) is 99.1 Å². The fourth-order valence-electron chi connectivity index (χ4n) is 2.67. The van der Waals surface area contributed by atoms with Crippen molar-refractivity contribution >= 4 is 28.6 Å². The third kappa shape index (κ3) is 2.31. The molecule has 1 aliphatic carbocycles. The van der Waals surface area contributed by atoms with Crippen molar-refractivity contribution in [2.24, 2.45) is 0 Å². The first kappa shape index (κ1) is 13.5. The highest BCUT2D eigenvalue weighted by Gasteiger charge is 2.34. The Kier molecular flexibility index (Phi) is 3.47. The molecule has 2 atom stereocenters. The second-order valence-electron chi connectivity index (χ2n) is 4.81. The molecule has 20 heavy (non-hydrogen) atoms. The number of aromatic carboxylic acids is 1. The molecule has 2 aromatic rings. The van der Waals surface area contributed by atoms with E-state index >= 15 is 0 Å². The molecule has 3 rings (SSSR count). The Morgan fingerprint density at radius 3 is 3.00 bits per heavy atom. The molecule has 3 N–H and O–H groups in total. The third-order valence-corrected chi connectivity index (χ3v) is 4.15. The average molecular weight is 385 g/mol. The zero-order chi connectivity index (χ0) is 14.3. The van der Waals surface area contributed by atoms with Gasteiger partial charge in [-0.25, -0.2) is 4.79 Å². The molecule has 2 aromatic heterocycles. The van der Waals surface area contributed by atoms with Gasteiger partial charge in [-0.1, -0.05) is 0 Å². The standard InChI is InChI=1S/C13H12IN3O3/c14-6-1-2-15-9(3-6)8-4-7(18)5-10-11(8)12(13(19)20)17-16-10/h1-3,7-8,18H,4-5H2,(H,16,17)(H,19,20). The van der Waals surface area contributed by atoms with Crippen molar-refractivity contribution in [1.29, 1.82) is 0 Å². The number of carbonyl (C=O) groups is 1. The molecule has 0 aromatic carbocycles. The summed E-state index contributed by atoms with van der Waals surface area (Å²) in [5.74, 6) is -1.30. The van der Waals surface area contributed by atoms with Gasteiger partial charge < -0.3 is 10.2 Å². The number of halogens is 1. The van der Waals surface area contributed by atoms with Crippen LogP contribution in [0.5, 0.6) is 0 Å². The van der Waals surface area contributed by atoms with Crippen LogP contribution < -0.4 is 0 Å². The summed E-state index contributed by atoms with van der Waals surface area (Å²) in [4.78, 5) is 15.6. The molecular weight excluding hydrogens is 373 g/mol. The van der Waals surface area contributed by atoms with E-state index in [2.05, 4.69) is 37.8 Å². The SMILES string of the molecule is O=C(O)c1n[nH]c2c1C(c1cc(I)ccn1)CC(O)C2. The Morgan fingerprint density at radius 2 is 2.30 bits per heavy atom. The molecule has 1 aliphatic rings. The van der Waals surface area contributed by atoms with Crippen LogP contribution in [0.2, 0.25) is 0 Å². The molecule has 2 unspecified atom stereocenters. The first-order chi connectivity index (χ1) is 9.56. The Hall–Kier alpha value is -1.48. The minimum absolute atomic E-state index is 0.0255. The molecule has 6 nitrogen and oxygen atoms in total. The van der Waals surface area contributed by atoms with E-state index in [-0.39, 0.29) is 11.6 Å².